The van der Waals surface area contributed by atoms with E-state index in [1.54, 1.807) is 45.0 Å². The Balaban J connectivity index is 1.88. The second-order valence-corrected chi connectivity index (χ2v) is 6.12. The minimum atomic E-state index is -0.682. The maximum absolute atomic E-state index is 12.4. The molecule has 0 radical (unpaired) electrons. The molecular formula is C21H25NO7. The van der Waals surface area contributed by atoms with Gasteiger partial charge in [-0.1, -0.05) is 0 Å². The quantitative estimate of drug-likeness (QED) is 0.480. The van der Waals surface area contributed by atoms with E-state index >= 15 is 0 Å². The van der Waals surface area contributed by atoms with E-state index < -0.39 is 24.3 Å². The van der Waals surface area contributed by atoms with Crippen LogP contribution in [-0.4, -0.2) is 49.1 Å². The van der Waals surface area contributed by atoms with Crippen LogP contribution in [0.25, 0.3) is 0 Å². The number of aryl methyl sites for hydroxylation is 1. The van der Waals surface area contributed by atoms with E-state index in [9.17, 15) is 14.4 Å². The van der Waals surface area contributed by atoms with Crippen molar-refractivity contribution >= 4 is 17.7 Å². The molecule has 0 bridgehead atoms. The number of hydrogen-bond donors (Lipinski definition) is 1. The predicted octanol–water partition coefficient (Wildman–Crippen LogP) is 3.01. The lowest BCUT2D eigenvalue weighted by Gasteiger charge is -2.08. The van der Waals surface area contributed by atoms with Crippen LogP contribution in [0.4, 0.5) is 0 Å². The van der Waals surface area contributed by atoms with Gasteiger partial charge in [-0.2, -0.15) is 0 Å². The highest BCUT2D eigenvalue weighted by Crippen LogP contribution is 2.20. The van der Waals surface area contributed by atoms with Gasteiger partial charge in [0.1, 0.15) is 11.5 Å². The van der Waals surface area contributed by atoms with Gasteiger partial charge in [0.25, 0.3) is 0 Å². The lowest BCUT2D eigenvalue weighted by molar-refractivity contribution is -0.144. The first-order valence-corrected chi connectivity index (χ1v) is 9.28. The van der Waals surface area contributed by atoms with Crippen molar-refractivity contribution in [3.63, 3.8) is 0 Å². The molecule has 29 heavy (non-hydrogen) atoms. The molecule has 2 aromatic rings. The minimum absolute atomic E-state index is 0.214. The molecule has 1 aromatic carbocycles. The Morgan fingerprint density at radius 1 is 0.862 bits per heavy atom. The third-order valence-corrected chi connectivity index (χ3v) is 4.05. The van der Waals surface area contributed by atoms with E-state index in [4.69, 9.17) is 18.9 Å². The second kappa shape index (κ2) is 10.3. The summed E-state index contributed by atoms with van der Waals surface area (Å²) in [5.74, 6) is -0.452. The first-order valence-electron chi connectivity index (χ1n) is 9.28. The van der Waals surface area contributed by atoms with Crippen molar-refractivity contribution in [3.05, 3.63) is 46.8 Å². The Hall–Kier alpha value is -3.29. The van der Waals surface area contributed by atoms with Gasteiger partial charge in [-0.05, 0) is 57.5 Å². The van der Waals surface area contributed by atoms with E-state index in [0.29, 0.717) is 34.9 Å². The van der Waals surface area contributed by atoms with Crippen LogP contribution in [-0.2, 0) is 14.3 Å². The highest BCUT2D eigenvalue weighted by atomic mass is 16.6. The smallest absolute Gasteiger partial charge is 0.344 e. The lowest BCUT2D eigenvalue weighted by Crippen LogP contribution is -2.20. The van der Waals surface area contributed by atoms with Crippen LogP contribution in [0.1, 0.15) is 46.0 Å². The molecule has 0 saturated heterocycles. The third-order valence-electron chi connectivity index (χ3n) is 4.05. The summed E-state index contributed by atoms with van der Waals surface area (Å²) in [4.78, 5) is 39.1. The number of Topliss-reactive ketones (excluding diaryl/α,β-unsaturated/α-hetero) is 1. The zero-order valence-electron chi connectivity index (χ0n) is 17.0. The summed E-state index contributed by atoms with van der Waals surface area (Å²) in [5, 5.41) is 0. The molecule has 1 heterocycles. The maximum atomic E-state index is 12.4. The molecule has 8 nitrogen and oxygen atoms in total. The molecule has 0 aliphatic rings. The van der Waals surface area contributed by atoms with Crippen molar-refractivity contribution in [2.45, 2.75) is 27.7 Å². The molecule has 0 atom stereocenters. The van der Waals surface area contributed by atoms with Crippen molar-refractivity contribution in [3.8, 4) is 11.5 Å². The number of hydrogen-bond acceptors (Lipinski definition) is 7. The Labute approximate surface area is 169 Å². The topological polar surface area (TPSA) is 104 Å². The zero-order valence-corrected chi connectivity index (χ0v) is 17.0. The number of benzene rings is 1. The number of carbonyl (C=O) groups is 3. The average molecular weight is 403 g/mol. The molecule has 1 aromatic heterocycles. The van der Waals surface area contributed by atoms with Crippen LogP contribution in [0.2, 0.25) is 0 Å². The monoisotopic (exact) mass is 403 g/mol. The van der Waals surface area contributed by atoms with Crippen LogP contribution in [0.3, 0.4) is 0 Å². The van der Waals surface area contributed by atoms with Gasteiger partial charge in [0, 0.05) is 5.69 Å². The van der Waals surface area contributed by atoms with E-state index in [2.05, 4.69) is 4.98 Å². The van der Waals surface area contributed by atoms with Gasteiger partial charge in [0.05, 0.1) is 24.5 Å². The van der Waals surface area contributed by atoms with E-state index in [-0.39, 0.29) is 18.9 Å². The summed E-state index contributed by atoms with van der Waals surface area (Å²) in [5.41, 5.74) is 1.52. The van der Waals surface area contributed by atoms with E-state index in [1.165, 1.54) is 0 Å². The van der Waals surface area contributed by atoms with Gasteiger partial charge in [-0.25, -0.2) is 9.59 Å². The zero-order chi connectivity index (χ0) is 21.4. The molecule has 1 N–H and O–H groups in total. The summed E-state index contributed by atoms with van der Waals surface area (Å²) in [6, 6.07) is 6.80. The molecule has 8 heteroatoms. The molecule has 0 saturated carbocycles. The summed E-state index contributed by atoms with van der Waals surface area (Å²) in [6.07, 6.45) is 0. The number of rotatable bonds is 10. The molecule has 0 aliphatic carbocycles. The second-order valence-electron chi connectivity index (χ2n) is 6.12. The predicted molar refractivity (Wildman–Crippen MR) is 105 cm³/mol. The Morgan fingerprint density at radius 3 is 2.07 bits per heavy atom. The number of esters is 2. The van der Waals surface area contributed by atoms with Gasteiger partial charge < -0.3 is 23.9 Å². The fourth-order valence-electron chi connectivity index (χ4n) is 2.74. The normalized spacial score (nSPS) is 10.3. The molecule has 2 rings (SSSR count). The molecule has 0 amide bonds. The van der Waals surface area contributed by atoms with Crippen LogP contribution in [0, 0.1) is 13.8 Å². The number of aromatic nitrogens is 1. The number of H-pyrrole nitrogens is 1. The largest absolute Gasteiger partial charge is 0.494 e. The molecule has 0 spiro atoms. The fourth-order valence-corrected chi connectivity index (χ4v) is 2.74. The van der Waals surface area contributed by atoms with Crippen LogP contribution < -0.4 is 9.47 Å². The Bertz CT molecular complexity index is 868. The van der Waals surface area contributed by atoms with E-state index in [1.807, 2.05) is 6.92 Å². The van der Waals surface area contributed by atoms with Crippen molar-refractivity contribution < 1.29 is 33.3 Å². The van der Waals surface area contributed by atoms with Crippen molar-refractivity contribution in [1.29, 1.82) is 0 Å². The average Bonchev–Trinajstić information content (AvgIpc) is 3.00. The number of aromatic amines is 1. The van der Waals surface area contributed by atoms with Crippen molar-refractivity contribution in [1.82, 2.24) is 4.98 Å². The van der Waals surface area contributed by atoms with Gasteiger partial charge in [-0.3, -0.25) is 4.79 Å². The molecule has 156 valence electrons. The maximum Gasteiger partial charge on any atom is 0.344 e. The number of carbonyl (C=O) groups excluding carboxylic acids is 3. The number of ether oxygens (including phenoxy) is 4. The SMILES string of the molecule is CCOC(=O)c1c(C)[nH]c(C(=O)COC(=O)COc2ccc(OCC)cc2)c1C. The molecule has 0 fully saturated rings. The molecule has 0 aliphatic heterocycles. The fraction of sp³-hybridized carbons (Fsp3) is 0.381. The van der Waals surface area contributed by atoms with Crippen LogP contribution >= 0.6 is 0 Å². The summed E-state index contributed by atoms with van der Waals surface area (Å²) in [7, 11) is 0. The minimum Gasteiger partial charge on any atom is -0.494 e. The summed E-state index contributed by atoms with van der Waals surface area (Å²) in [6.45, 7) is 6.89. The summed E-state index contributed by atoms with van der Waals surface area (Å²) < 4.78 is 20.6. The third kappa shape index (κ3) is 5.84. The Morgan fingerprint density at radius 2 is 1.48 bits per heavy atom. The number of ketones is 1. The number of nitrogens with one attached hydrogen (secondary N) is 1. The first kappa shape index (κ1) is 22.0. The van der Waals surface area contributed by atoms with Crippen LogP contribution in [0.5, 0.6) is 11.5 Å². The van der Waals surface area contributed by atoms with Gasteiger partial charge in [-0.15, -0.1) is 0 Å². The first-order chi connectivity index (χ1) is 13.9. The highest BCUT2D eigenvalue weighted by Gasteiger charge is 2.23. The summed E-state index contributed by atoms with van der Waals surface area (Å²) >= 11 is 0. The lowest BCUT2D eigenvalue weighted by atomic mass is 10.1. The van der Waals surface area contributed by atoms with Crippen molar-refractivity contribution in [2.75, 3.05) is 26.4 Å². The van der Waals surface area contributed by atoms with E-state index in [0.717, 1.165) is 0 Å². The van der Waals surface area contributed by atoms with Gasteiger partial charge >= 0.3 is 11.9 Å². The molecular weight excluding hydrogens is 378 g/mol. The van der Waals surface area contributed by atoms with Gasteiger partial charge in [0.2, 0.25) is 5.78 Å². The highest BCUT2D eigenvalue weighted by molar-refractivity contribution is 6.02. The standard InChI is InChI=1S/C21H25NO7/c1-5-26-15-7-9-16(10-8-15)28-12-18(24)29-11-17(23)20-13(3)19(14(4)22-20)21(25)27-6-2/h7-10,22H,5-6,11-12H2,1-4H3. The van der Waals surface area contributed by atoms with Crippen molar-refractivity contribution in [2.24, 2.45) is 0 Å². The Kier molecular flexibility index (Phi) is 7.82. The molecule has 0 unspecified atom stereocenters. The van der Waals surface area contributed by atoms with Crippen LogP contribution in [0.15, 0.2) is 24.3 Å². The van der Waals surface area contributed by atoms with Gasteiger partial charge in [0.15, 0.2) is 13.2 Å².